The lowest BCUT2D eigenvalue weighted by atomic mass is 10.0. The van der Waals surface area contributed by atoms with Crippen molar-refractivity contribution in [2.45, 2.75) is 30.8 Å². The highest BCUT2D eigenvalue weighted by Crippen LogP contribution is 2.22. The van der Waals surface area contributed by atoms with Crippen LogP contribution in [0.25, 0.3) is 11.1 Å². The Bertz CT molecular complexity index is 1110. The number of carbonyl (C=O) groups is 1. The molecule has 3 aromatic carbocycles. The predicted octanol–water partition coefficient (Wildman–Crippen LogP) is 3.53. The summed E-state index contributed by atoms with van der Waals surface area (Å²) in [5.74, 6) is -0.118. The average molecular weight is 438 g/mol. The molecule has 0 fully saturated rings. The third-order valence-electron chi connectivity index (χ3n) is 5.17. The molecule has 4 N–H and O–H groups in total. The summed E-state index contributed by atoms with van der Waals surface area (Å²) >= 11 is 0. The Balaban J connectivity index is 1.52. The van der Waals surface area contributed by atoms with Crippen LogP contribution in [-0.2, 0) is 14.8 Å². The van der Waals surface area contributed by atoms with E-state index in [-0.39, 0.29) is 29.4 Å². The van der Waals surface area contributed by atoms with E-state index < -0.39 is 10.0 Å². The van der Waals surface area contributed by atoms with Crippen LogP contribution in [0.1, 0.15) is 37.1 Å². The monoisotopic (exact) mass is 437 g/mol. The van der Waals surface area contributed by atoms with Gasteiger partial charge in [0, 0.05) is 6.04 Å². The maximum Gasteiger partial charge on any atom is 0.238 e. The lowest BCUT2D eigenvalue weighted by molar-refractivity contribution is -0.121. The van der Waals surface area contributed by atoms with E-state index in [2.05, 4.69) is 34.9 Å². The lowest BCUT2D eigenvalue weighted by Crippen LogP contribution is -2.36. The molecule has 6 nitrogen and oxygen atoms in total. The first-order valence-electron chi connectivity index (χ1n) is 10.0. The van der Waals surface area contributed by atoms with Gasteiger partial charge in [0.15, 0.2) is 0 Å². The summed E-state index contributed by atoms with van der Waals surface area (Å²) in [6.07, 6.45) is 0. The van der Waals surface area contributed by atoms with Crippen LogP contribution in [0.15, 0.2) is 83.8 Å². The summed E-state index contributed by atoms with van der Waals surface area (Å²) in [6.45, 7) is 4.00. The number of rotatable bonds is 8. The smallest absolute Gasteiger partial charge is 0.238 e. The predicted molar refractivity (Wildman–Crippen MR) is 123 cm³/mol. The SMILES string of the molecule is C[C@@H](NCC(=O)N[C@H](C)c1ccc(-c2ccccc2)cc1)c1ccc(S(N)(=O)=O)cc1. The molecule has 162 valence electrons. The molecule has 3 aromatic rings. The van der Waals surface area contributed by atoms with Crippen LogP contribution in [0.2, 0.25) is 0 Å². The Labute approximate surface area is 183 Å². The van der Waals surface area contributed by atoms with Crippen molar-refractivity contribution < 1.29 is 13.2 Å². The van der Waals surface area contributed by atoms with Crippen LogP contribution in [0.4, 0.5) is 0 Å². The fourth-order valence-corrected chi connectivity index (χ4v) is 3.80. The van der Waals surface area contributed by atoms with Crippen molar-refractivity contribution in [3.05, 3.63) is 90.0 Å². The van der Waals surface area contributed by atoms with Gasteiger partial charge in [-0.2, -0.15) is 0 Å². The minimum atomic E-state index is -3.71. The normalized spacial score (nSPS) is 13.4. The van der Waals surface area contributed by atoms with Crippen molar-refractivity contribution in [1.29, 1.82) is 0 Å². The van der Waals surface area contributed by atoms with Gasteiger partial charge in [-0.25, -0.2) is 13.6 Å². The molecule has 7 heteroatoms. The van der Waals surface area contributed by atoms with Crippen molar-refractivity contribution in [1.82, 2.24) is 10.6 Å². The minimum Gasteiger partial charge on any atom is -0.348 e. The zero-order valence-electron chi connectivity index (χ0n) is 17.6. The molecule has 0 aliphatic carbocycles. The minimum absolute atomic E-state index is 0.0632. The summed E-state index contributed by atoms with van der Waals surface area (Å²) in [5, 5.41) is 11.3. The fraction of sp³-hybridized carbons (Fsp3) is 0.208. The number of amides is 1. The Kier molecular flexibility index (Phi) is 7.22. The molecule has 0 aliphatic heterocycles. The van der Waals surface area contributed by atoms with Crippen LogP contribution >= 0.6 is 0 Å². The molecule has 31 heavy (non-hydrogen) atoms. The van der Waals surface area contributed by atoms with E-state index in [1.165, 1.54) is 12.1 Å². The van der Waals surface area contributed by atoms with Crippen LogP contribution in [0, 0.1) is 0 Å². The first-order valence-corrected chi connectivity index (χ1v) is 11.6. The molecule has 0 heterocycles. The standard InChI is InChI=1S/C24H27N3O3S/c1-17(19-12-14-23(15-13-19)31(25,29)30)26-16-24(28)27-18(2)20-8-10-22(11-9-20)21-6-4-3-5-7-21/h3-15,17-18,26H,16H2,1-2H3,(H,27,28)(H2,25,29,30)/t17-,18-/m1/s1. The van der Waals surface area contributed by atoms with E-state index >= 15 is 0 Å². The lowest BCUT2D eigenvalue weighted by Gasteiger charge is -2.18. The van der Waals surface area contributed by atoms with Gasteiger partial charge in [-0.1, -0.05) is 66.7 Å². The number of hydrogen-bond acceptors (Lipinski definition) is 4. The molecule has 0 saturated carbocycles. The topological polar surface area (TPSA) is 101 Å². The molecule has 2 atom stereocenters. The second-order valence-electron chi connectivity index (χ2n) is 7.49. The third-order valence-corrected chi connectivity index (χ3v) is 6.10. The molecule has 0 spiro atoms. The van der Waals surface area contributed by atoms with Crippen LogP contribution in [0.3, 0.4) is 0 Å². The number of carbonyl (C=O) groups excluding carboxylic acids is 1. The number of sulfonamides is 1. The van der Waals surface area contributed by atoms with Gasteiger partial charge in [0.05, 0.1) is 17.5 Å². The Morgan fingerprint density at radius 1 is 0.806 bits per heavy atom. The van der Waals surface area contributed by atoms with Gasteiger partial charge in [0.1, 0.15) is 0 Å². The summed E-state index contributed by atoms with van der Waals surface area (Å²) in [7, 11) is -3.71. The van der Waals surface area contributed by atoms with Gasteiger partial charge in [0.25, 0.3) is 0 Å². The average Bonchev–Trinajstić information content (AvgIpc) is 2.77. The molecule has 0 radical (unpaired) electrons. The maximum absolute atomic E-state index is 12.4. The molecule has 1 amide bonds. The van der Waals surface area contributed by atoms with E-state index in [0.29, 0.717) is 0 Å². The van der Waals surface area contributed by atoms with Crippen molar-refractivity contribution in [2.24, 2.45) is 5.14 Å². The zero-order valence-corrected chi connectivity index (χ0v) is 18.4. The Morgan fingerprint density at radius 2 is 1.32 bits per heavy atom. The number of nitrogens with one attached hydrogen (secondary N) is 2. The molecular weight excluding hydrogens is 410 g/mol. The number of benzene rings is 3. The second-order valence-corrected chi connectivity index (χ2v) is 9.06. The Hall–Kier alpha value is -3.00. The number of primary sulfonamides is 1. The highest BCUT2D eigenvalue weighted by atomic mass is 32.2. The first kappa shape index (κ1) is 22.7. The van der Waals surface area contributed by atoms with Crippen molar-refractivity contribution >= 4 is 15.9 Å². The van der Waals surface area contributed by atoms with Crippen molar-refractivity contribution in [3.8, 4) is 11.1 Å². The van der Waals surface area contributed by atoms with Crippen LogP contribution < -0.4 is 15.8 Å². The summed E-state index contributed by atoms with van der Waals surface area (Å²) in [4.78, 5) is 12.4. The zero-order chi connectivity index (χ0) is 22.4. The second kappa shape index (κ2) is 9.87. The van der Waals surface area contributed by atoms with E-state index in [1.54, 1.807) is 12.1 Å². The quantitative estimate of drug-likeness (QED) is 0.502. The van der Waals surface area contributed by atoms with Gasteiger partial charge >= 0.3 is 0 Å². The number of hydrogen-bond donors (Lipinski definition) is 3. The van der Waals surface area contributed by atoms with Crippen molar-refractivity contribution in [2.75, 3.05) is 6.54 Å². The van der Waals surface area contributed by atoms with E-state index in [4.69, 9.17) is 5.14 Å². The number of nitrogens with two attached hydrogens (primary N) is 1. The molecule has 0 unspecified atom stereocenters. The summed E-state index contributed by atoms with van der Waals surface area (Å²) < 4.78 is 22.7. The summed E-state index contributed by atoms with van der Waals surface area (Å²) in [5.41, 5.74) is 4.18. The third kappa shape index (κ3) is 6.24. The molecule has 3 rings (SSSR count). The fourth-order valence-electron chi connectivity index (χ4n) is 3.28. The molecular formula is C24H27N3O3S. The summed E-state index contributed by atoms with van der Waals surface area (Å²) in [6, 6.07) is 24.3. The highest BCUT2D eigenvalue weighted by Gasteiger charge is 2.13. The molecule has 0 saturated heterocycles. The first-order chi connectivity index (χ1) is 14.7. The van der Waals surface area contributed by atoms with Gasteiger partial charge in [-0.15, -0.1) is 0 Å². The maximum atomic E-state index is 12.4. The molecule has 0 bridgehead atoms. The van der Waals surface area contributed by atoms with Gasteiger partial charge in [-0.3, -0.25) is 4.79 Å². The molecule has 0 aromatic heterocycles. The van der Waals surface area contributed by atoms with E-state index in [1.807, 2.05) is 44.2 Å². The Morgan fingerprint density at radius 3 is 1.90 bits per heavy atom. The van der Waals surface area contributed by atoms with Crippen LogP contribution in [-0.4, -0.2) is 20.9 Å². The molecule has 0 aliphatic rings. The van der Waals surface area contributed by atoms with E-state index in [9.17, 15) is 13.2 Å². The highest BCUT2D eigenvalue weighted by molar-refractivity contribution is 7.89. The van der Waals surface area contributed by atoms with Crippen molar-refractivity contribution in [3.63, 3.8) is 0 Å². The van der Waals surface area contributed by atoms with Gasteiger partial charge in [-0.05, 0) is 48.2 Å². The van der Waals surface area contributed by atoms with Crippen LogP contribution in [0.5, 0.6) is 0 Å². The van der Waals surface area contributed by atoms with Gasteiger partial charge in [0.2, 0.25) is 15.9 Å². The van der Waals surface area contributed by atoms with E-state index in [0.717, 1.165) is 22.3 Å². The van der Waals surface area contributed by atoms with Gasteiger partial charge < -0.3 is 10.6 Å². The largest absolute Gasteiger partial charge is 0.348 e.